The molecule has 2 saturated heterocycles. The van der Waals surface area contributed by atoms with E-state index in [-0.39, 0.29) is 12.7 Å². The van der Waals surface area contributed by atoms with E-state index in [1.54, 1.807) is 0 Å². The number of piperazine rings is 1. The molecule has 0 aromatic heterocycles. The molecule has 1 aromatic carbocycles. The van der Waals surface area contributed by atoms with Crippen molar-refractivity contribution in [2.45, 2.75) is 31.7 Å². The van der Waals surface area contributed by atoms with Crippen molar-refractivity contribution >= 4 is 23.9 Å². The van der Waals surface area contributed by atoms with Crippen molar-refractivity contribution in [3.8, 4) is 0 Å². The topological polar surface area (TPSA) is 64.2 Å². The van der Waals surface area contributed by atoms with Crippen LogP contribution in [0.5, 0.6) is 0 Å². The average Bonchev–Trinajstić information content (AvgIpc) is 3.33. The molecule has 1 aromatic rings. The van der Waals surface area contributed by atoms with Crippen molar-refractivity contribution in [3.05, 3.63) is 42.0 Å². The Kier molecular flexibility index (Phi) is 6.06. The number of imide groups is 2. The maximum Gasteiger partial charge on any atom is 0.335 e. The van der Waals surface area contributed by atoms with Crippen molar-refractivity contribution in [1.82, 2.24) is 19.6 Å². The molecule has 7 heteroatoms. The molecule has 0 radical (unpaired) electrons. The Morgan fingerprint density at radius 2 is 1.52 bits per heavy atom. The van der Waals surface area contributed by atoms with E-state index in [1.807, 2.05) is 18.2 Å². The molecule has 1 aliphatic carbocycles. The van der Waals surface area contributed by atoms with Gasteiger partial charge in [-0.2, -0.15) is 0 Å². The summed E-state index contributed by atoms with van der Waals surface area (Å²) in [7, 11) is 0. The van der Waals surface area contributed by atoms with E-state index in [0.717, 1.165) is 63.3 Å². The van der Waals surface area contributed by atoms with E-state index in [1.165, 1.54) is 10.5 Å². The largest absolute Gasteiger partial charge is 0.335 e. The summed E-state index contributed by atoms with van der Waals surface area (Å²) >= 11 is 0. The summed E-state index contributed by atoms with van der Waals surface area (Å²) in [6, 6.07) is 9.68. The zero-order valence-electron chi connectivity index (χ0n) is 16.7. The van der Waals surface area contributed by atoms with E-state index < -0.39 is 17.8 Å². The smallest absolute Gasteiger partial charge is 0.297 e. The van der Waals surface area contributed by atoms with E-state index >= 15 is 0 Å². The fourth-order valence-electron chi connectivity index (χ4n) is 4.35. The normalized spacial score (nSPS) is 22.6. The zero-order valence-corrected chi connectivity index (χ0v) is 16.7. The first-order chi connectivity index (χ1) is 14.1. The number of benzene rings is 1. The van der Waals surface area contributed by atoms with Crippen LogP contribution in [0.3, 0.4) is 0 Å². The highest BCUT2D eigenvalue weighted by Gasteiger charge is 2.48. The summed E-state index contributed by atoms with van der Waals surface area (Å²) in [6.07, 6.45) is 7.93. The van der Waals surface area contributed by atoms with Gasteiger partial charge in [-0.25, -0.2) is 9.69 Å². The van der Waals surface area contributed by atoms with Gasteiger partial charge in [0, 0.05) is 38.8 Å². The lowest BCUT2D eigenvalue weighted by molar-refractivity contribution is -0.144. The number of hydrogen-bond donors (Lipinski definition) is 0. The summed E-state index contributed by atoms with van der Waals surface area (Å²) in [5.41, 5.74) is 1.19. The number of nitrogens with zero attached hydrogens (tertiary/aromatic N) is 4. The second kappa shape index (κ2) is 8.88. The van der Waals surface area contributed by atoms with Gasteiger partial charge in [-0.05, 0) is 18.4 Å². The standard InChI is InChI=1S/C22H28N4O3/c27-20-21(28)26(19-10-4-5-11-19)22(29)25(20)17-24-15-13-23(14-16-24)12-6-9-18-7-2-1-3-8-18/h1-3,6-9,19H,4-5,10-17H2/b9-6+. The quantitative estimate of drug-likeness (QED) is 0.544. The Morgan fingerprint density at radius 3 is 2.21 bits per heavy atom. The highest BCUT2D eigenvalue weighted by molar-refractivity contribution is 6.44. The van der Waals surface area contributed by atoms with E-state index in [4.69, 9.17) is 0 Å². The van der Waals surface area contributed by atoms with E-state index in [2.05, 4.69) is 34.1 Å². The third-order valence-electron chi connectivity index (χ3n) is 6.05. The summed E-state index contributed by atoms with van der Waals surface area (Å²) in [5, 5.41) is 0. The average molecular weight is 396 g/mol. The molecule has 2 aliphatic heterocycles. The molecule has 3 fully saturated rings. The first kappa shape index (κ1) is 19.8. The van der Waals surface area contributed by atoms with Crippen molar-refractivity contribution in [2.75, 3.05) is 39.4 Å². The third-order valence-corrected chi connectivity index (χ3v) is 6.05. The molecule has 154 valence electrons. The second-order valence-electron chi connectivity index (χ2n) is 8.00. The number of carbonyl (C=O) groups is 3. The fourth-order valence-corrected chi connectivity index (χ4v) is 4.35. The van der Waals surface area contributed by atoms with Crippen LogP contribution < -0.4 is 0 Å². The van der Waals surface area contributed by atoms with Crippen molar-refractivity contribution < 1.29 is 14.4 Å². The number of hydrogen-bond acceptors (Lipinski definition) is 5. The summed E-state index contributed by atoms with van der Waals surface area (Å²) in [6.45, 7) is 4.37. The van der Waals surface area contributed by atoms with Gasteiger partial charge in [-0.15, -0.1) is 0 Å². The van der Waals surface area contributed by atoms with E-state index in [0.29, 0.717) is 0 Å². The van der Waals surface area contributed by atoms with Gasteiger partial charge in [-0.1, -0.05) is 55.3 Å². The van der Waals surface area contributed by atoms with Crippen LogP contribution in [0.2, 0.25) is 0 Å². The minimum Gasteiger partial charge on any atom is -0.297 e. The second-order valence-corrected chi connectivity index (χ2v) is 8.00. The molecule has 1 saturated carbocycles. The number of amides is 4. The predicted octanol–water partition coefficient (Wildman–Crippen LogP) is 2.01. The van der Waals surface area contributed by atoms with Crippen LogP contribution in [0.25, 0.3) is 6.08 Å². The summed E-state index contributed by atoms with van der Waals surface area (Å²) in [5.74, 6) is -1.32. The van der Waals surface area contributed by atoms with Crippen LogP contribution in [0.1, 0.15) is 31.2 Å². The molecule has 7 nitrogen and oxygen atoms in total. The van der Waals surface area contributed by atoms with Gasteiger partial charge in [0.2, 0.25) is 0 Å². The molecule has 2 heterocycles. The maximum atomic E-state index is 12.7. The van der Waals surface area contributed by atoms with Crippen molar-refractivity contribution in [1.29, 1.82) is 0 Å². The van der Waals surface area contributed by atoms with Crippen LogP contribution in [-0.4, -0.2) is 82.9 Å². The Morgan fingerprint density at radius 1 is 0.862 bits per heavy atom. The van der Waals surface area contributed by atoms with Gasteiger partial charge in [0.05, 0.1) is 6.67 Å². The predicted molar refractivity (Wildman–Crippen MR) is 110 cm³/mol. The van der Waals surface area contributed by atoms with Crippen molar-refractivity contribution in [3.63, 3.8) is 0 Å². The lowest BCUT2D eigenvalue weighted by Gasteiger charge is -2.35. The maximum absolute atomic E-state index is 12.7. The van der Waals surface area contributed by atoms with Gasteiger partial charge < -0.3 is 0 Å². The van der Waals surface area contributed by atoms with Gasteiger partial charge in [0.1, 0.15) is 0 Å². The zero-order chi connectivity index (χ0) is 20.2. The van der Waals surface area contributed by atoms with E-state index in [9.17, 15) is 14.4 Å². The van der Waals surface area contributed by atoms with Gasteiger partial charge in [-0.3, -0.25) is 24.3 Å². The molecule has 4 rings (SSSR count). The minimum atomic E-state index is -0.671. The number of urea groups is 1. The van der Waals surface area contributed by atoms with Crippen LogP contribution in [0, 0.1) is 0 Å². The van der Waals surface area contributed by atoms with Crippen LogP contribution in [0.15, 0.2) is 36.4 Å². The third kappa shape index (κ3) is 4.41. The van der Waals surface area contributed by atoms with Crippen LogP contribution in [-0.2, 0) is 9.59 Å². The molecular weight excluding hydrogens is 368 g/mol. The Hall–Kier alpha value is -2.51. The molecule has 0 atom stereocenters. The molecule has 0 unspecified atom stereocenters. The fraction of sp³-hybridized carbons (Fsp3) is 0.500. The molecule has 0 N–H and O–H groups in total. The molecule has 29 heavy (non-hydrogen) atoms. The SMILES string of the molecule is O=C1C(=O)N(C2CCCC2)C(=O)N1CN1CCN(C/C=C/c2ccccc2)CC1. The lowest BCUT2D eigenvalue weighted by Crippen LogP contribution is -2.51. The highest BCUT2D eigenvalue weighted by Crippen LogP contribution is 2.27. The summed E-state index contributed by atoms with van der Waals surface area (Å²) in [4.78, 5) is 44.1. The highest BCUT2D eigenvalue weighted by atomic mass is 16.2. The molecule has 0 spiro atoms. The molecule has 3 aliphatic rings. The van der Waals surface area contributed by atoms with Gasteiger partial charge in [0.15, 0.2) is 0 Å². The van der Waals surface area contributed by atoms with Crippen LogP contribution in [0.4, 0.5) is 4.79 Å². The molecule has 4 amide bonds. The first-order valence-electron chi connectivity index (χ1n) is 10.5. The monoisotopic (exact) mass is 396 g/mol. The van der Waals surface area contributed by atoms with Crippen LogP contribution >= 0.6 is 0 Å². The summed E-state index contributed by atoms with van der Waals surface area (Å²) < 4.78 is 0. The number of carbonyl (C=O) groups excluding carboxylic acids is 3. The Bertz CT molecular complexity index is 781. The lowest BCUT2D eigenvalue weighted by atomic mass is 10.2. The Labute approximate surface area is 171 Å². The molecule has 0 bridgehead atoms. The minimum absolute atomic E-state index is 0.0998. The number of rotatable bonds is 6. The van der Waals surface area contributed by atoms with Gasteiger partial charge >= 0.3 is 17.8 Å². The Balaban J connectivity index is 1.26. The van der Waals surface area contributed by atoms with Gasteiger partial charge in [0.25, 0.3) is 0 Å². The molecular formula is C22H28N4O3. The first-order valence-corrected chi connectivity index (χ1v) is 10.5. The van der Waals surface area contributed by atoms with Crippen molar-refractivity contribution in [2.24, 2.45) is 0 Å².